The number of carbonyl (C=O) groups is 3. The third-order valence-electron chi connectivity index (χ3n) is 3.50. The molecule has 1 aromatic carbocycles. The van der Waals surface area contributed by atoms with Crippen LogP contribution in [0.1, 0.15) is 32.1 Å². The van der Waals surface area contributed by atoms with Crippen molar-refractivity contribution in [2.45, 2.75) is 37.4 Å². The van der Waals surface area contributed by atoms with Crippen molar-refractivity contribution < 1.29 is 19.5 Å². The van der Waals surface area contributed by atoms with Gasteiger partial charge in [0.2, 0.25) is 11.8 Å². The normalized spacial score (nSPS) is 11.7. The first-order valence-corrected chi connectivity index (χ1v) is 10.7. The molecule has 1 rings (SSSR count). The van der Waals surface area contributed by atoms with E-state index < -0.39 is 5.97 Å². The number of nitrogens with one attached hydrogen (secondary N) is 1. The zero-order valence-corrected chi connectivity index (χ0v) is 16.3. The van der Waals surface area contributed by atoms with Gasteiger partial charge in [-0.15, -0.1) is 11.8 Å². The van der Waals surface area contributed by atoms with E-state index in [1.807, 2.05) is 30.3 Å². The summed E-state index contributed by atoms with van der Waals surface area (Å²) >= 11 is 3.07. The van der Waals surface area contributed by atoms with Crippen molar-refractivity contribution in [3.05, 3.63) is 30.3 Å². The highest BCUT2D eigenvalue weighted by atomic mass is 32.2. The number of benzene rings is 1. The van der Waals surface area contributed by atoms with Gasteiger partial charge in [0, 0.05) is 17.4 Å². The molecule has 6 nitrogen and oxygen atoms in total. The molecule has 0 saturated heterocycles. The minimum atomic E-state index is -0.786. The molecule has 0 aliphatic carbocycles. The maximum absolute atomic E-state index is 11.9. The van der Waals surface area contributed by atoms with Crippen LogP contribution in [0, 0.1) is 0 Å². The molecular weight excluding hydrogens is 372 g/mol. The van der Waals surface area contributed by atoms with Crippen LogP contribution in [0.15, 0.2) is 30.3 Å². The number of aliphatic carboxylic acids is 1. The highest BCUT2D eigenvalue weighted by Crippen LogP contribution is 2.23. The number of anilines is 1. The summed E-state index contributed by atoms with van der Waals surface area (Å²) in [5.74, 6) is 0.275. The monoisotopic (exact) mass is 398 g/mol. The van der Waals surface area contributed by atoms with Crippen molar-refractivity contribution in [2.75, 3.05) is 22.6 Å². The number of carbonyl (C=O) groups excluding carboxylic acids is 2. The number of hydrogen-bond acceptors (Lipinski definition) is 5. The zero-order chi connectivity index (χ0) is 19.2. The van der Waals surface area contributed by atoms with Gasteiger partial charge in [0.15, 0.2) is 0 Å². The van der Waals surface area contributed by atoms with E-state index in [9.17, 15) is 14.4 Å². The molecule has 0 bridgehead atoms. The Hall–Kier alpha value is -1.67. The molecule has 2 amide bonds. The Labute approximate surface area is 162 Å². The second kappa shape index (κ2) is 13.5. The second-order valence-electron chi connectivity index (χ2n) is 5.79. The quantitative estimate of drug-likeness (QED) is 0.416. The summed E-state index contributed by atoms with van der Waals surface area (Å²) in [6.45, 7) is 0. The molecular formula is C18H26N2O4S2. The predicted molar refractivity (Wildman–Crippen MR) is 109 cm³/mol. The highest BCUT2D eigenvalue weighted by Gasteiger charge is 2.12. The number of hydrogen-bond donors (Lipinski definition) is 3. The summed E-state index contributed by atoms with van der Waals surface area (Å²) in [5.41, 5.74) is 5.99. The molecule has 0 fully saturated rings. The van der Waals surface area contributed by atoms with Crippen LogP contribution in [0.5, 0.6) is 0 Å². The number of thioether (sulfide) groups is 2. The number of rotatable bonds is 14. The Morgan fingerprint density at radius 2 is 1.81 bits per heavy atom. The van der Waals surface area contributed by atoms with E-state index in [1.54, 1.807) is 11.8 Å². The van der Waals surface area contributed by atoms with E-state index in [4.69, 9.17) is 10.8 Å². The van der Waals surface area contributed by atoms with Crippen LogP contribution in [0.3, 0.4) is 0 Å². The summed E-state index contributed by atoms with van der Waals surface area (Å²) in [6.07, 6.45) is 3.31. The van der Waals surface area contributed by atoms with E-state index in [0.29, 0.717) is 12.2 Å². The molecule has 0 saturated carbocycles. The molecule has 1 aromatic rings. The maximum Gasteiger partial charge on any atom is 0.303 e. The van der Waals surface area contributed by atoms with Crippen LogP contribution in [0.25, 0.3) is 0 Å². The smallest absolute Gasteiger partial charge is 0.303 e. The van der Waals surface area contributed by atoms with E-state index >= 15 is 0 Å². The van der Waals surface area contributed by atoms with E-state index in [1.165, 1.54) is 11.8 Å². The first-order chi connectivity index (χ1) is 12.5. The number of para-hydroxylation sites is 1. The van der Waals surface area contributed by atoms with Gasteiger partial charge in [-0.25, -0.2) is 0 Å². The number of nitrogens with two attached hydrogens (primary N) is 1. The third kappa shape index (κ3) is 11.8. The summed E-state index contributed by atoms with van der Waals surface area (Å²) in [7, 11) is 0. The predicted octanol–water partition coefficient (Wildman–Crippen LogP) is 2.98. The molecule has 0 aromatic heterocycles. The highest BCUT2D eigenvalue weighted by molar-refractivity contribution is 8.01. The number of amides is 2. The molecule has 0 aliphatic rings. The van der Waals surface area contributed by atoms with Crippen LogP contribution in [-0.2, 0) is 14.4 Å². The number of carboxylic acids is 1. The van der Waals surface area contributed by atoms with Gasteiger partial charge in [0.05, 0.1) is 11.5 Å². The van der Waals surface area contributed by atoms with Crippen LogP contribution < -0.4 is 11.1 Å². The lowest BCUT2D eigenvalue weighted by atomic mass is 10.1. The van der Waals surface area contributed by atoms with Gasteiger partial charge < -0.3 is 16.2 Å². The van der Waals surface area contributed by atoms with Crippen molar-refractivity contribution in [1.82, 2.24) is 0 Å². The Balaban J connectivity index is 2.24. The van der Waals surface area contributed by atoms with Gasteiger partial charge >= 0.3 is 5.97 Å². The Bertz CT molecular complexity index is 570. The average molecular weight is 399 g/mol. The van der Waals surface area contributed by atoms with Crippen LogP contribution in [0.4, 0.5) is 5.69 Å². The lowest BCUT2D eigenvalue weighted by Crippen LogP contribution is -2.17. The number of primary amides is 1. The van der Waals surface area contributed by atoms with Gasteiger partial charge in [0.1, 0.15) is 0 Å². The second-order valence-corrected chi connectivity index (χ2v) is 8.19. The first-order valence-electron chi connectivity index (χ1n) is 8.51. The lowest BCUT2D eigenvalue weighted by Gasteiger charge is -2.15. The fourth-order valence-corrected chi connectivity index (χ4v) is 4.28. The molecule has 8 heteroatoms. The molecule has 144 valence electrons. The fourth-order valence-electron chi connectivity index (χ4n) is 2.26. The maximum atomic E-state index is 11.9. The van der Waals surface area contributed by atoms with Crippen LogP contribution >= 0.6 is 23.5 Å². The summed E-state index contributed by atoms with van der Waals surface area (Å²) in [5, 5.41) is 11.8. The summed E-state index contributed by atoms with van der Waals surface area (Å²) < 4.78 is 0. The molecule has 0 heterocycles. The molecule has 0 aliphatic heterocycles. The van der Waals surface area contributed by atoms with Gasteiger partial charge in [-0.05, 0) is 37.1 Å². The molecule has 0 spiro atoms. The largest absolute Gasteiger partial charge is 0.481 e. The minimum Gasteiger partial charge on any atom is -0.481 e. The van der Waals surface area contributed by atoms with E-state index in [-0.39, 0.29) is 29.2 Å². The number of unbranched alkanes of at least 4 members (excludes halogenated alkanes) is 1. The molecule has 26 heavy (non-hydrogen) atoms. The fraction of sp³-hybridized carbons (Fsp3) is 0.500. The van der Waals surface area contributed by atoms with Crippen molar-refractivity contribution >= 4 is 47.0 Å². The molecule has 1 atom stereocenters. The van der Waals surface area contributed by atoms with Crippen LogP contribution in [0.2, 0.25) is 0 Å². The molecule has 4 N–H and O–H groups in total. The number of carboxylic acid groups (broad SMARTS) is 1. The molecule has 1 unspecified atom stereocenters. The van der Waals surface area contributed by atoms with Crippen molar-refractivity contribution in [3.63, 3.8) is 0 Å². The first kappa shape index (κ1) is 22.4. The van der Waals surface area contributed by atoms with Gasteiger partial charge in [-0.3, -0.25) is 14.4 Å². The van der Waals surface area contributed by atoms with E-state index in [0.717, 1.165) is 30.7 Å². The summed E-state index contributed by atoms with van der Waals surface area (Å²) in [4.78, 5) is 33.4. The third-order valence-corrected chi connectivity index (χ3v) is 5.89. The van der Waals surface area contributed by atoms with E-state index in [2.05, 4.69) is 5.32 Å². The van der Waals surface area contributed by atoms with Crippen molar-refractivity contribution in [3.8, 4) is 0 Å². The summed E-state index contributed by atoms with van der Waals surface area (Å²) in [6, 6.07) is 9.32. The topological polar surface area (TPSA) is 109 Å². The average Bonchev–Trinajstić information content (AvgIpc) is 2.59. The lowest BCUT2D eigenvalue weighted by molar-refractivity contribution is -0.137. The SMILES string of the molecule is NC(=O)CSC(CCCCC(=O)O)CCSCC(=O)Nc1ccccc1. The molecule has 0 radical (unpaired) electrons. The minimum absolute atomic E-state index is 0.0380. The standard InChI is InChI=1S/C18H26N2O4S2/c19-16(21)12-26-15(8-4-5-9-18(23)24)10-11-25-13-17(22)20-14-6-2-1-3-7-14/h1-3,6-7,15H,4-5,8-13H2,(H2,19,21)(H,20,22)(H,23,24). The van der Waals surface area contributed by atoms with Crippen molar-refractivity contribution in [2.24, 2.45) is 5.73 Å². The Kier molecular flexibility index (Phi) is 11.6. The Morgan fingerprint density at radius 1 is 1.08 bits per heavy atom. The van der Waals surface area contributed by atoms with Gasteiger partial charge in [-0.1, -0.05) is 24.6 Å². The van der Waals surface area contributed by atoms with Gasteiger partial charge in [0.25, 0.3) is 0 Å². The van der Waals surface area contributed by atoms with Crippen LogP contribution in [-0.4, -0.2) is 45.4 Å². The van der Waals surface area contributed by atoms with Crippen molar-refractivity contribution in [1.29, 1.82) is 0 Å². The zero-order valence-electron chi connectivity index (χ0n) is 14.7. The Morgan fingerprint density at radius 3 is 2.46 bits per heavy atom. The van der Waals surface area contributed by atoms with Gasteiger partial charge in [-0.2, -0.15) is 11.8 Å².